The van der Waals surface area contributed by atoms with Crippen LogP contribution < -0.4 is 0 Å². The third kappa shape index (κ3) is 6.35. The quantitative estimate of drug-likeness (QED) is 0.331. The third-order valence-corrected chi connectivity index (χ3v) is 6.40. The molecule has 2 aromatic heterocycles. The zero-order valence-electron chi connectivity index (χ0n) is 16.6. The van der Waals surface area contributed by atoms with E-state index < -0.39 is 0 Å². The first kappa shape index (κ1) is 22.4. The van der Waals surface area contributed by atoms with Gasteiger partial charge in [-0.2, -0.15) is 0 Å². The molecule has 2 heterocycles. The van der Waals surface area contributed by atoms with Crippen LogP contribution in [0.15, 0.2) is 50.5 Å². The van der Waals surface area contributed by atoms with Gasteiger partial charge in [0, 0.05) is 23.0 Å². The van der Waals surface area contributed by atoms with Crippen molar-refractivity contribution in [3.8, 4) is 11.3 Å². The summed E-state index contributed by atoms with van der Waals surface area (Å²) in [6.45, 7) is 2.49. The number of thioether (sulfide) groups is 1. The molecule has 0 fully saturated rings. The van der Waals surface area contributed by atoms with Crippen LogP contribution in [-0.4, -0.2) is 41.2 Å². The molecule has 0 bridgehead atoms. The minimum atomic E-state index is -0.299. The minimum absolute atomic E-state index is 0.0356. The van der Waals surface area contributed by atoms with E-state index in [0.717, 1.165) is 15.7 Å². The first-order valence-corrected chi connectivity index (χ1v) is 11.5. The lowest BCUT2D eigenvalue weighted by Crippen LogP contribution is -2.27. The van der Waals surface area contributed by atoms with E-state index in [1.54, 1.807) is 18.9 Å². The molecule has 0 spiro atoms. The fourth-order valence-electron chi connectivity index (χ4n) is 2.58. The van der Waals surface area contributed by atoms with Crippen LogP contribution in [0, 0.1) is 0 Å². The maximum absolute atomic E-state index is 12.5. The summed E-state index contributed by atoms with van der Waals surface area (Å²) in [7, 11) is 1.74. The summed E-state index contributed by atoms with van der Waals surface area (Å²) < 4.78 is 11.5. The van der Waals surface area contributed by atoms with Gasteiger partial charge in [0.05, 0.1) is 31.0 Å². The average molecular weight is 465 g/mol. The number of aromatic nitrogens is 1. The summed E-state index contributed by atoms with van der Waals surface area (Å²) in [4.78, 5) is 30.0. The van der Waals surface area contributed by atoms with Crippen LogP contribution in [0.5, 0.6) is 0 Å². The van der Waals surface area contributed by atoms with Gasteiger partial charge in [0.25, 0.3) is 0 Å². The molecule has 0 aliphatic rings. The van der Waals surface area contributed by atoms with Crippen molar-refractivity contribution in [1.29, 1.82) is 0 Å². The average Bonchev–Trinajstić information content (AvgIpc) is 3.36. The Kier molecular flexibility index (Phi) is 7.95. The number of carbonyl (C=O) groups is 2. The van der Waals surface area contributed by atoms with Crippen LogP contribution in [0.25, 0.3) is 11.3 Å². The highest BCUT2D eigenvalue weighted by Gasteiger charge is 2.15. The fourth-order valence-corrected chi connectivity index (χ4v) is 4.49. The fraction of sp³-hybridized carbons (Fsp3) is 0.286. The molecular weight excluding hydrogens is 444 g/mol. The smallest absolute Gasteiger partial charge is 0.311 e. The Hall–Kier alpha value is -2.29. The van der Waals surface area contributed by atoms with Crippen molar-refractivity contribution in [3.05, 3.63) is 58.3 Å². The second kappa shape index (κ2) is 10.7. The van der Waals surface area contributed by atoms with E-state index in [0.29, 0.717) is 29.6 Å². The molecular formula is C21H21ClN2O4S2. The second-order valence-electron chi connectivity index (χ2n) is 6.40. The van der Waals surface area contributed by atoms with Gasteiger partial charge < -0.3 is 14.1 Å². The number of hydrogen-bond acceptors (Lipinski definition) is 7. The molecule has 9 heteroatoms. The van der Waals surface area contributed by atoms with Crippen LogP contribution in [-0.2, 0) is 27.3 Å². The molecule has 0 saturated heterocycles. The molecule has 0 aliphatic carbocycles. The number of ether oxygens (including phenoxy) is 1. The Bertz CT molecular complexity index is 1000. The van der Waals surface area contributed by atoms with Crippen molar-refractivity contribution in [2.24, 2.45) is 0 Å². The molecule has 30 heavy (non-hydrogen) atoms. The summed E-state index contributed by atoms with van der Waals surface area (Å²) in [6.07, 6.45) is 0.146. The summed E-state index contributed by atoms with van der Waals surface area (Å²) in [6, 6.07) is 11.1. The Morgan fingerprint density at radius 1 is 1.23 bits per heavy atom. The summed E-state index contributed by atoms with van der Waals surface area (Å²) in [5.41, 5.74) is 1.59. The maximum Gasteiger partial charge on any atom is 0.311 e. The molecule has 158 valence electrons. The number of rotatable bonds is 9. The van der Waals surface area contributed by atoms with Gasteiger partial charge in [-0.1, -0.05) is 23.4 Å². The summed E-state index contributed by atoms with van der Waals surface area (Å²) in [5, 5.41) is 2.48. The molecule has 0 saturated carbocycles. The first-order chi connectivity index (χ1) is 14.4. The molecule has 0 aliphatic heterocycles. The highest BCUT2D eigenvalue weighted by atomic mass is 35.5. The van der Waals surface area contributed by atoms with Gasteiger partial charge in [-0.05, 0) is 43.3 Å². The zero-order chi connectivity index (χ0) is 21.5. The van der Waals surface area contributed by atoms with Crippen molar-refractivity contribution in [2.45, 2.75) is 24.2 Å². The number of hydrogen-bond donors (Lipinski definition) is 0. The second-order valence-corrected chi connectivity index (χ2v) is 8.91. The third-order valence-electron chi connectivity index (χ3n) is 4.09. The van der Waals surface area contributed by atoms with Crippen LogP contribution in [0.3, 0.4) is 0 Å². The molecule has 0 atom stereocenters. The maximum atomic E-state index is 12.5. The number of halogens is 1. The van der Waals surface area contributed by atoms with Gasteiger partial charge in [0.15, 0.2) is 4.34 Å². The van der Waals surface area contributed by atoms with E-state index in [9.17, 15) is 9.59 Å². The Balaban J connectivity index is 1.49. The highest BCUT2D eigenvalue weighted by Crippen LogP contribution is 2.25. The lowest BCUT2D eigenvalue weighted by Gasteiger charge is -2.15. The molecule has 6 nitrogen and oxygen atoms in total. The van der Waals surface area contributed by atoms with Gasteiger partial charge in [-0.3, -0.25) is 9.59 Å². The van der Waals surface area contributed by atoms with Crippen molar-refractivity contribution in [1.82, 2.24) is 9.88 Å². The number of amides is 1. The number of carbonyl (C=O) groups excluding carboxylic acids is 2. The standard InChI is InChI=1S/C21H21ClN2O4S2/c1-3-27-20(26)10-16-12-29-21(23-16)30-13-19(25)24(2)11-17-8-9-18(28-17)14-4-6-15(22)7-5-14/h4-9,12H,3,10-11,13H2,1-2H3. The number of furan rings is 1. The van der Waals surface area contributed by atoms with Crippen LogP contribution in [0.4, 0.5) is 0 Å². The van der Waals surface area contributed by atoms with Crippen molar-refractivity contribution in [2.75, 3.05) is 19.4 Å². The van der Waals surface area contributed by atoms with Crippen LogP contribution in [0.2, 0.25) is 5.02 Å². The van der Waals surface area contributed by atoms with E-state index in [2.05, 4.69) is 4.98 Å². The molecule has 1 aromatic carbocycles. The molecule has 1 amide bonds. The Morgan fingerprint density at radius 2 is 2.00 bits per heavy atom. The number of benzene rings is 1. The normalized spacial score (nSPS) is 10.8. The summed E-state index contributed by atoms with van der Waals surface area (Å²) >= 11 is 8.68. The van der Waals surface area contributed by atoms with Gasteiger partial charge in [0.2, 0.25) is 5.91 Å². The largest absolute Gasteiger partial charge is 0.466 e. The van der Waals surface area contributed by atoms with Gasteiger partial charge in [-0.15, -0.1) is 11.3 Å². The Labute approximate surface area is 188 Å². The van der Waals surface area contributed by atoms with E-state index in [-0.39, 0.29) is 24.1 Å². The molecule has 3 rings (SSSR count). The van der Waals surface area contributed by atoms with E-state index >= 15 is 0 Å². The summed E-state index contributed by atoms with van der Waals surface area (Å²) in [5.74, 6) is 1.35. The van der Waals surface area contributed by atoms with Crippen LogP contribution >= 0.6 is 34.7 Å². The SMILES string of the molecule is CCOC(=O)Cc1csc(SCC(=O)N(C)Cc2ccc(-c3ccc(Cl)cc3)o2)n1. The van der Waals surface area contributed by atoms with Gasteiger partial charge in [-0.25, -0.2) is 4.98 Å². The number of nitrogens with zero attached hydrogens (tertiary/aromatic N) is 2. The number of esters is 1. The number of thiazole rings is 1. The Morgan fingerprint density at radius 3 is 2.73 bits per heavy atom. The van der Waals surface area contributed by atoms with E-state index in [1.807, 2.05) is 41.8 Å². The highest BCUT2D eigenvalue weighted by molar-refractivity contribution is 8.01. The predicted molar refractivity (Wildman–Crippen MR) is 119 cm³/mol. The first-order valence-electron chi connectivity index (χ1n) is 9.26. The predicted octanol–water partition coefficient (Wildman–Crippen LogP) is 4.91. The van der Waals surface area contributed by atoms with Crippen molar-refractivity contribution < 1.29 is 18.7 Å². The monoisotopic (exact) mass is 464 g/mol. The van der Waals surface area contributed by atoms with Gasteiger partial charge >= 0.3 is 5.97 Å². The lowest BCUT2D eigenvalue weighted by atomic mass is 10.2. The molecule has 0 N–H and O–H groups in total. The molecule has 0 unspecified atom stereocenters. The zero-order valence-corrected chi connectivity index (χ0v) is 19.0. The van der Waals surface area contributed by atoms with Crippen molar-refractivity contribution >= 4 is 46.6 Å². The van der Waals surface area contributed by atoms with E-state index in [1.165, 1.54) is 23.1 Å². The van der Waals surface area contributed by atoms with E-state index in [4.69, 9.17) is 20.8 Å². The van der Waals surface area contributed by atoms with Crippen LogP contribution in [0.1, 0.15) is 18.4 Å². The van der Waals surface area contributed by atoms with Crippen molar-refractivity contribution in [3.63, 3.8) is 0 Å². The molecule has 3 aromatic rings. The molecule has 0 radical (unpaired) electrons. The lowest BCUT2D eigenvalue weighted by molar-refractivity contribution is -0.142. The topological polar surface area (TPSA) is 72.6 Å². The minimum Gasteiger partial charge on any atom is -0.466 e. The van der Waals surface area contributed by atoms with Gasteiger partial charge in [0.1, 0.15) is 11.5 Å².